The summed E-state index contributed by atoms with van der Waals surface area (Å²) in [6, 6.07) is 26.7. The average molecular weight is 1050 g/mol. The van der Waals surface area contributed by atoms with E-state index in [0.717, 1.165) is 73.9 Å². The molecule has 406 valence electrons. The molecule has 1 N–H and O–H groups in total. The van der Waals surface area contributed by atoms with Gasteiger partial charge in [-0.25, -0.2) is 18.0 Å². The van der Waals surface area contributed by atoms with E-state index in [0.29, 0.717) is 127 Å². The van der Waals surface area contributed by atoms with Crippen LogP contribution in [-0.4, -0.2) is 136 Å². The Balaban J connectivity index is 0.000000335. The molecule has 0 amide bonds. The first kappa shape index (κ1) is 61.8. The second-order valence-electron chi connectivity index (χ2n) is 16.5. The van der Waals surface area contributed by atoms with E-state index in [2.05, 4.69) is 5.32 Å². The van der Waals surface area contributed by atoms with Crippen LogP contribution in [0.5, 0.6) is 23.0 Å². The molecule has 0 saturated carbocycles. The van der Waals surface area contributed by atoms with Crippen LogP contribution in [0.1, 0.15) is 81.5 Å². The lowest BCUT2D eigenvalue weighted by molar-refractivity contribution is -0.0518. The smallest absolute Gasteiger partial charge is 0.485 e. The largest absolute Gasteiger partial charge is 0.741 e. The minimum atomic E-state index is -6.09. The average Bonchev–Trinajstić information content (AvgIpc) is 3.33. The molecule has 4 aromatic carbocycles. The van der Waals surface area contributed by atoms with Crippen molar-refractivity contribution in [3.05, 3.63) is 118 Å². The highest BCUT2D eigenvalue weighted by Crippen LogP contribution is 2.27. The van der Waals surface area contributed by atoms with Crippen molar-refractivity contribution >= 4 is 22.1 Å². The summed E-state index contributed by atoms with van der Waals surface area (Å²) in [4.78, 5) is 24.2. The number of aryl methyl sites for hydroxylation is 4. The molecule has 5 rings (SSSR count). The van der Waals surface area contributed by atoms with Crippen molar-refractivity contribution in [2.24, 2.45) is 0 Å². The van der Waals surface area contributed by atoms with Crippen molar-refractivity contribution in [3.8, 4) is 23.0 Å². The van der Waals surface area contributed by atoms with Crippen LogP contribution in [0.15, 0.2) is 84.9 Å². The molecule has 0 unspecified atom stereocenters. The standard InChI is InChI=1S/C28H39NO4.C24H32O8.CHF3O3S/c1-21-15-22(2)18-25(17-21)27(30)32-13-9-5-7-11-29-12-8-6-10-14-33-28(31)26-19-23(3)16-24(4)20-26;1-2-6-22-21(5-1)29-17-13-25-9-10-27-15-19-31-23-7-3-4-8-24(23)32-20-16-28-12-11-26-14-18-30-22;2-1(3,4)8(5,6)7/h15-20,29H,5-14H2,1-4H3;1-8H,9-20H2;(H,5,6,7)/p-1. The minimum absolute atomic E-state index is 0.236. The third-order valence-corrected chi connectivity index (χ3v) is 10.6. The number of hydrogen-bond acceptors (Lipinski definition) is 16. The number of hydrogen-bond donors (Lipinski definition) is 1. The summed E-state index contributed by atoms with van der Waals surface area (Å²) in [6.07, 6.45) is 5.94. The van der Waals surface area contributed by atoms with Crippen LogP contribution in [0, 0.1) is 27.7 Å². The van der Waals surface area contributed by atoms with Crippen molar-refractivity contribution < 1.29 is 83.1 Å². The van der Waals surface area contributed by atoms with Crippen LogP contribution in [0.25, 0.3) is 0 Å². The predicted molar refractivity (Wildman–Crippen MR) is 267 cm³/mol. The Labute approximate surface area is 427 Å². The second-order valence-corrected chi connectivity index (χ2v) is 17.9. The van der Waals surface area contributed by atoms with Gasteiger partial charge >= 0.3 is 17.4 Å². The Bertz CT molecular complexity index is 2060. The number of carbonyl (C=O) groups is 2. The van der Waals surface area contributed by atoms with Crippen LogP contribution in [0.2, 0.25) is 0 Å². The molecule has 0 saturated heterocycles. The lowest BCUT2D eigenvalue weighted by Gasteiger charge is -2.14. The number of fused-ring (bicyclic) bond motifs is 2. The third-order valence-electron chi connectivity index (χ3n) is 10.0. The molecule has 1 aliphatic heterocycles. The van der Waals surface area contributed by atoms with Gasteiger partial charge in [-0.2, -0.15) is 13.2 Å². The molecule has 0 fully saturated rings. The summed E-state index contributed by atoms with van der Waals surface area (Å²) in [5, 5.41) is 3.45. The summed E-state index contributed by atoms with van der Waals surface area (Å²) in [6.45, 7) is 16.3. The van der Waals surface area contributed by atoms with Crippen LogP contribution in [0.3, 0.4) is 0 Å². The van der Waals surface area contributed by atoms with Crippen molar-refractivity contribution in [2.45, 2.75) is 71.7 Å². The van der Waals surface area contributed by atoms with E-state index in [1.807, 2.05) is 113 Å². The van der Waals surface area contributed by atoms with Crippen LogP contribution >= 0.6 is 0 Å². The molecule has 0 atom stereocenters. The fourth-order valence-electron chi connectivity index (χ4n) is 6.73. The lowest BCUT2D eigenvalue weighted by Crippen LogP contribution is -2.21. The third kappa shape index (κ3) is 28.0. The van der Waals surface area contributed by atoms with E-state index in [4.69, 9.17) is 60.3 Å². The summed E-state index contributed by atoms with van der Waals surface area (Å²) in [5.41, 5.74) is -0.0774. The molecule has 4 aromatic rings. The summed E-state index contributed by atoms with van der Waals surface area (Å²) < 4.78 is 115. The predicted octanol–water partition coefficient (Wildman–Crippen LogP) is 8.90. The van der Waals surface area contributed by atoms with Gasteiger partial charge in [0, 0.05) is 0 Å². The Morgan fingerprint density at radius 1 is 0.493 bits per heavy atom. The SMILES string of the molecule is Cc1cc(C)cc(C(=O)OCCCCCNCCCCCOC(=O)c2cc(C)cc(C)c2)c1.O=S(=O)([O-])C(F)(F)F.c1ccc2c(c1)OCCOCCOCCOc1ccccc1OCCOCCOCCO2. The molecule has 0 bridgehead atoms. The monoisotopic (exact) mass is 1050 g/mol. The number of nitrogens with one attached hydrogen (secondary N) is 1. The quantitative estimate of drug-likeness (QED) is 0.0544. The Morgan fingerprint density at radius 3 is 1.04 bits per heavy atom. The van der Waals surface area contributed by atoms with Gasteiger partial charge in [0.2, 0.25) is 0 Å². The highest BCUT2D eigenvalue weighted by Gasteiger charge is 2.37. The number of para-hydroxylation sites is 4. The summed E-state index contributed by atoms with van der Waals surface area (Å²) in [7, 11) is -6.09. The van der Waals surface area contributed by atoms with Crippen LogP contribution in [-0.2, 0) is 38.5 Å². The van der Waals surface area contributed by atoms with E-state index < -0.39 is 15.6 Å². The highest BCUT2D eigenvalue weighted by atomic mass is 32.2. The van der Waals surface area contributed by atoms with E-state index >= 15 is 0 Å². The highest BCUT2D eigenvalue weighted by molar-refractivity contribution is 7.86. The minimum Gasteiger partial charge on any atom is -0.741 e. The van der Waals surface area contributed by atoms with Crippen LogP contribution < -0.4 is 24.3 Å². The Hall–Kier alpha value is -5.48. The first-order valence-corrected chi connectivity index (χ1v) is 25.7. The zero-order valence-corrected chi connectivity index (χ0v) is 43.1. The molecule has 0 radical (unpaired) electrons. The molecule has 0 spiro atoms. The second kappa shape index (κ2) is 35.6. The first-order valence-electron chi connectivity index (χ1n) is 24.3. The zero-order valence-electron chi connectivity index (χ0n) is 42.3. The number of alkyl halides is 3. The maximum Gasteiger partial charge on any atom is 0.485 e. The molecule has 0 aromatic heterocycles. The number of unbranched alkanes of at least 4 members (excludes halogenated alkanes) is 4. The lowest BCUT2D eigenvalue weighted by atomic mass is 10.1. The molecule has 1 aliphatic rings. The van der Waals surface area contributed by atoms with Gasteiger partial charge in [0.1, 0.15) is 26.4 Å². The molecule has 73 heavy (non-hydrogen) atoms. The Morgan fingerprint density at radius 2 is 0.767 bits per heavy atom. The van der Waals surface area contributed by atoms with Crippen LogP contribution in [0.4, 0.5) is 13.2 Å². The number of ether oxygens (including phenoxy) is 10. The molecular weight excluding hydrogens is 980 g/mol. The number of carbonyl (C=O) groups excluding carboxylic acids is 2. The van der Waals surface area contributed by atoms with E-state index in [1.54, 1.807) is 0 Å². The van der Waals surface area contributed by atoms with Crippen molar-refractivity contribution in [1.29, 1.82) is 0 Å². The summed E-state index contributed by atoms with van der Waals surface area (Å²) >= 11 is 0. The van der Waals surface area contributed by atoms with Gasteiger partial charge in [-0.15, -0.1) is 0 Å². The van der Waals surface area contributed by atoms with Gasteiger partial charge in [-0.3, -0.25) is 0 Å². The van der Waals surface area contributed by atoms with E-state index in [1.165, 1.54) is 0 Å². The van der Waals surface area contributed by atoms with Gasteiger partial charge in [-0.1, -0.05) is 58.7 Å². The fourth-order valence-corrected chi connectivity index (χ4v) is 6.73. The number of esters is 2. The maximum absolute atomic E-state index is 12.1. The van der Waals surface area contributed by atoms with Gasteiger partial charge < -0.3 is 57.2 Å². The number of benzene rings is 4. The van der Waals surface area contributed by atoms with Crippen molar-refractivity contribution in [3.63, 3.8) is 0 Å². The fraction of sp³-hybridized carbons (Fsp3) is 0.509. The number of halogens is 3. The maximum atomic E-state index is 12.1. The molecule has 1 heterocycles. The first-order chi connectivity index (χ1) is 35.0. The molecule has 20 heteroatoms. The molecular formula is C53H71F3NO15S-. The van der Waals surface area contributed by atoms with E-state index in [-0.39, 0.29) is 11.9 Å². The van der Waals surface area contributed by atoms with Gasteiger partial charge in [0.05, 0.1) is 77.2 Å². The van der Waals surface area contributed by atoms with Gasteiger partial charge in [0.25, 0.3) is 0 Å². The number of rotatable bonds is 14. The van der Waals surface area contributed by atoms with E-state index in [9.17, 15) is 22.8 Å². The Kier molecular flexibility index (Phi) is 30.2. The zero-order chi connectivity index (χ0) is 53.2. The topological polar surface area (TPSA) is 196 Å². The van der Waals surface area contributed by atoms with Crippen molar-refractivity contribution in [2.75, 3.05) is 106 Å². The van der Waals surface area contributed by atoms with Gasteiger partial charge in [-0.05, 0) is 128 Å². The van der Waals surface area contributed by atoms with Gasteiger partial charge in [0.15, 0.2) is 33.1 Å². The normalized spacial score (nSPS) is 14.4. The molecule has 0 aliphatic carbocycles. The molecule has 16 nitrogen and oxygen atoms in total. The van der Waals surface area contributed by atoms with Crippen molar-refractivity contribution in [1.82, 2.24) is 5.32 Å². The summed E-state index contributed by atoms with van der Waals surface area (Å²) in [5.74, 6) is 2.26.